The van der Waals surface area contributed by atoms with Crippen molar-refractivity contribution in [3.63, 3.8) is 0 Å². The van der Waals surface area contributed by atoms with Crippen LogP contribution in [0.2, 0.25) is 5.28 Å². The number of nitrogens with one attached hydrogen (secondary N) is 2. The van der Waals surface area contributed by atoms with Crippen LogP contribution >= 0.6 is 11.6 Å². The summed E-state index contributed by atoms with van der Waals surface area (Å²) in [6, 6.07) is 12.7. The lowest BCUT2D eigenvalue weighted by atomic mass is 9.74. The van der Waals surface area contributed by atoms with Crippen molar-refractivity contribution in [1.29, 1.82) is 0 Å². The normalized spacial score (nSPS) is 17.3. The molecule has 1 aliphatic rings. The first-order valence-electron chi connectivity index (χ1n) is 12.8. The van der Waals surface area contributed by atoms with E-state index in [1.807, 2.05) is 0 Å². The molecule has 1 saturated carbocycles. The van der Waals surface area contributed by atoms with Crippen LogP contribution in [0.4, 0.5) is 14.6 Å². The Labute approximate surface area is 222 Å². The third kappa shape index (κ3) is 6.83. The molecule has 1 heterocycles. The first kappa shape index (κ1) is 27.4. The van der Waals surface area contributed by atoms with Crippen LogP contribution in [0.3, 0.4) is 0 Å². The van der Waals surface area contributed by atoms with Crippen LogP contribution in [-0.4, -0.2) is 27.7 Å². The number of hydrogen-bond donors (Lipinski definition) is 3. The van der Waals surface area contributed by atoms with Crippen molar-refractivity contribution in [2.75, 3.05) is 11.9 Å². The maximum absolute atomic E-state index is 14.1. The summed E-state index contributed by atoms with van der Waals surface area (Å²) in [5.41, 5.74) is 2.45. The van der Waals surface area contributed by atoms with E-state index in [-0.39, 0.29) is 28.3 Å². The second-order valence-corrected chi connectivity index (χ2v) is 11.3. The highest BCUT2D eigenvalue weighted by Gasteiger charge is 2.35. The van der Waals surface area contributed by atoms with Crippen molar-refractivity contribution in [1.82, 2.24) is 15.3 Å². The minimum Gasteiger partial charge on any atom is -0.389 e. The number of benzene rings is 2. The zero-order valence-electron chi connectivity index (χ0n) is 21.6. The SMILES string of the molecule is CC(C)(C)c1cccc(C2(NC[C@@H](O)C(Nc3ccnc(Cl)n3)c3cc(F)cc(F)c3)CCCCC2)c1. The van der Waals surface area contributed by atoms with Gasteiger partial charge < -0.3 is 15.7 Å². The molecule has 8 heteroatoms. The summed E-state index contributed by atoms with van der Waals surface area (Å²) in [6.07, 6.45) is 5.68. The Hall–Kier alpha value is -2.61. The number of aromatic nitrogens is 2. The highest BCUT2D eigenvalue weighted by atomic mass is 35.5. The molecule has 2 aromatic carbocycles. The van der Waals surface area contributed by atoms with E-state index in [4.69, 9.17) is 11.6 Å². The fraction of sp³-hybridized carbons (Fsp3) is 0.448. The molecule has 0 amide bonds. The van der Waals surface area contributed by atoms with Crippen molar-refractivity contribution >= 4 is 17.4 Å². The Balaban J connectivity index is 1.62. The van der Waals surface area contributed by atoms with Gasteiger partial charge in [-0.2, -0.15) is 0 Å². The number of nitrogens with zero attached hydrogens (tertiary/aromatic N) is 2. The molecule has 0 aliphatic heterocycles. The standard InChI is InChI=1S/C29H35ClF2N4O/c1-28(2,3)20-8-7-9-21(16-20)29(11-5-4-6-12-29)34-18-24(37)26(19-14-22(31)17-23(32)15-19)35-25-10-13-33-27(30)36-25/h7-10,13-17,24,26,34,37H,4-6,11-12,18H2,1-3H3,(H,33,35,36)/t24-,26?/m1/s1. The number of halogens is 3. The third-order valence-electron chi connectivity index (χ3n) is 7.20. The van der Waals surface area contributed by atoms with Crippen molar-refractivity contribution in [3.8, 4) is 0 Å². The van der Waals surface area contributed by atoms with Gasteiger partial charge in [-0.25, -0.2) is 18.7 Å². The number of rotatable bonds is 8. The Kier molecular flexibility index (Phi) is 8.46. The van der Waals surface area contributed by atoms with Gasteiger partial charge in [-0.1, -0.05) is 64.3 Å². The Bertz CT molecular complexity index is 1190. The van der Waals surface area contributed by atoms with Crippen LogP contribution in [-0.2, 0) is 11.0 Å². The number of anilines is 1. The van der Waals surface area contributed by atoms with Crippen LogP contribution in [0, 0.1) is 11.6 Å². The van der Waals surface area contributed by atoms with Crippen LogP contribution in [0.25, 0.3) is 0 Å². The maximum atomic E-state index is 14.1. The van der Waals surface area contributed by atoms with Crippen LogP contribution in [0.5, 0.6) is 0 Å². The van der Waals surface area contributed by atoms with Crippen molar-refractivity contribution < 1.29 is 13.9 Å². The van der Waals surface area contributed by atoms with E-state index in [2.05, 4.69) is 65.6 Å². The molecule has 1 aromatic heterocycles. The summed E-state index contributed by atoms with van der Waals surface area (Å²) in [6.45, 7) is 6.80. The topological polar surface area (TPSA) is 70.1 Å². The Morgan fingerprint density at radius 2 is 1.73 bits per heavy atom. The molecule has 1 fully saturated rings. The second kappa shape index (κ2) is 11.4. The van der Waals surface area contributed by atoms with E-state index in [1.54, 1.807) is 6.07 Å². The van der Waals surface area contributed by atoms with E-state index in [0.29, 0.717) is 5.82 Å². The monoisotopic (exact) mass is 528 g/mol. The molecular formula is C29H35ClF2N4O. The van der Waals surface area contributed by atoms with Gasteiger partial charge in [-0.15, -0.1) is 0 Å². The number of aliphatic hydroxyl groups is 1. The molecular weight excluding hydrogens is 494 g/mol. The highest BCUT2D eigenvalue weighted by molar-refractivity contribution is 6.28. The van der Waals surface area contributed by atoms with Crippen LogP contribution in [0.15, 0.2) is 54.7 Å². The van der Waals surface area contributed by atoms with Gasteiger partial charge in [0.2, 0.25) is 5.28 Å². The molecule has 37 heavy (non-hydrogen) atoms. The average molecular weight is 529 g/mol. The molecule has 0 radical (unpaired) electrons. The first-order chi connectivity index (χ1) is 17.6. The van der Waals surface area contributed by atoms with Crippen molar-refractivity contribution in [2.45, 2.75) is 76.0 Å². The smallest absolute Gasteiger partial charge is 0.224 e. The third-order valence-corrected chi connectivity index (χ3v) is 7.38. The van der Waals surface area contributed by atoms with Gasteiger partial charge in [0.1, 0.15) is 17.5 Å². The lowest BCUT2D eigenvalue weighted by molar-refractivity contribution is 0.122. The lowest BCUT2D eigenvalue weighted by Gasteiger charge is -2.41. The Morgan fingerprint density at radius 3 is 2.38 bits per heavy atom. The first-order valence-corrected chi connectivity index (χ1v) is 13.2. The van der Waals surface area contributed by atoms with E-state index >= 15 is 0 Å². The number of aliphatic hydroxyl groups excluding tert-OH is 1. The zero-order valence-corrected chi connectivity index (χ0v) is 22.3. The van der Waals surface area contributed by atoms with Crippen LogP contribution in [0.1, 0.15) is 75.6 Å². The molecule has 1 unspecified atom stereocenters. The van der Waals surface area contributed by atoms with Gasteiger partial charge >= 0.3 is 0 Å². The molecule has 4 rings (SSSR count). The minimum atomic E-state index is -1.03. The molecule has 198 valence electrons. The van der Waals surface area contributed by atoms with Gasteiger partial charge in [-0.3, -0.25) is 0 Å². The summed E-state index contributed by atoms with van der Waals surface area (Å²) in [5, 5.41) is 18.2. The second-order valence-electron chi connectivity index (χ2n) is 11.0. The largest absolute Gasteiger partial charge is 0.389 e. The predicted octanol–water partition coefficient (Wildman–Crippen LogP) is 6.67. The van der Waals surface area contributed by atoms with E-state index in [1.165, 1.54) is 35.9 Å². The average Bonchev–Trinajstić information content (AvgIpc) is 2.85. The molecule has 0 saturated heterocycles. The zero-order chi connectivity index (χ0) is 26.6. The van der Waals surface area contributed by atoms with Gasteiger partial charge in [0.25, 0.3) is 0 Å². The van der Waals surface area contributed by atoms with E-state index < -0.39 is 23.8 Å². The molecule has 5 nitrogen and oxygen atoms in total. The van der Waals surface area contributed by atoms with Crippen LogP contribution < -0.4 is 10.6 Å². The van der Waals surface area contributed by atoms with Crippen molar-refractivity contribution in [2.24, 2.45) is 0 Å². The van der Waals surface area contributed by atoms with E-state index in [0.717, 1.165) is 31.7 Å². The summed E-state index contributed by atoms with van der Waals surface area (Å²) in [7, 11) is 0. The van der Waals surface area contributed by atoms with Gasteiger partial charge in [0.05, 0.1) is 12.1 Å². The van der Waals surface area contributed by atoms with Crippen molar-refractivity contribution in [3.05, 3.63) is 88.3 Å². The Morgan fingerprint density at radius 1 is 1.03 bits per heavy atom. The molecule has 0 spiro atoms. The molecule has 3 aromatic rings. The molecule has 2 atom stereocenters. The fourth-order valence-corrected chi connectivity index (χ4v) is 5.30. The predicted molar refractivity (Wildman–Crippen MR) is 144 cm³/mol. The maximum Gasteiger partial charge on any atom is 0.224 e. The molecule has 3 N–H and O–H groups in total. The van der Waals surface area contributed by atoms with Gasteiger partial charge in [0.15, 0.2) is 0 Å². The van der Waals surface area contributed by atoms with E-state index in [9.17, 15) is 13.9 Å². The summed E-state index contributed by atoms with van der Waals surface area (Å²) in [4.78, 5) is 8.01. The van der Waals surface area contributed by atoms with Gasteiger partial charge in [0, 0.05) is 24.3 Å². The van der Waals surface area contributed by atoms with Gasteiger partial charge in [-0.05, 0) is 64.7 Å². The molecule has 1 aliphatic carbocycles. The highest BCUT2D eigenvalue weighted by Crippen LogP contribution is 2.39. The fourth-order valence-electron chi connectivity index (χ4n) is 5.16. The summed E-state index contributed by atoms with van der Waals surface area (Å²) >= 11 is 5.94. The number of hydrogen-bond acceptors (Lipinski definition) is 5. The summed E-state index contributed by atoms with van der Waals surface area (Å²) in [5.74, 6) is -1.09. The molecule has 0 bridgehead atoms. The summed E-state index contributed by atoms with van der Waals surface area (Å²) < 4.78 is 28.3. The quantitative estimate of drug-likeness (QED) is 0.285. The minimum absolute atomic E-state index is 0.0145. The lowest BCUT2D eigenvalue weighted by Crippen LogP contribution is -2.48.